The minimum atomic E-state index is -0.107. The smallest absolute Gasteiger partial charge is 0.221 e. The molecular formula is C11H16N2O2. The van der Waals surface area contributed by atoms with Gasteiger partial charge in [-0.25, -0.2) is 0 Å². The molecule has 4 heteroatoms. The molecule has 0 spiro atoms. The van der Waals surface area contributed by atoms with Gasteiger partial charge in [0.25, 0.3) is 0 Å². The molecule has 0 aliphatic heterocycles. The van der Waals surface area contributed by atoms with E-state index in [1.165, 1.54) is 6.92 Å². The Balaban J connectivity index is 3.07. The Morgan fingerprint density at radius 3 is 2.53 bits per heavy atom. The maximum Gasteiger partial charge on any atom is 0.221 e. The summed E-state index contributed by atoms with van der Waals surface area (Å²) in [6.07, 6.45) is 0. The summed E-state index contributed by atoms with van der Waals surface area (Å²) in [6.45, 7) is 1.47. The lowest BCUT2D eigenvalue weighted by molar-refractivity contribution is -0.114. The third-order valence-electron chi connectivity index (χ3n) is 2.01. The van der Waals surface area contributed by atoms with Crippen LogP contribution in [0.3, 0.4) is 0 Å². The fourth-order valence-electron chi connectivity index (χ4n) is 1.26. The Labute approximate surface area is 89.8 Å². The molecule has 0 heterocycles. The first kappa shape index (κ1) is 11.4. The van der Waals surface area contributed by atoms with Crippen molar-refractivity contribution in [2.24, 2.45) is 0 Å². The molecule has 1 N–H and O–H groups in total. The lowest BCUT2D eigenvalue weighted by Crippen LogP contribution is -2.11. The minimum Gasteiger partial charge on any atom is -0.495 e. The quantitative estimate of drug-likeness (QED) is 0.822. The monoisotopic (exact) mass is 208 g/mol. The van der Waals surface area contributed by atoms with Crippen LogP contribution in [-0.4, -0.2) is 27.1 Å². The van der Waals surface area contributed by atoms with Crippen molar-refractivity contribution in [3.8, 4) is 5.75 Å². The van der Waals surface area contributed by atoms with Gasteiger partial charge in [0, 0.05) is 26.7 Å². The topological polar surface area (TPSA) is 41.6 Å². The van der Waals surface area contributed by atoms with E-state index in [4.69, 9.17) is 4.74 Å². The van der Waals surface area contributed by atoms with Crippen molar-refractivity contribution in [2.75, 3.05) is 31.4 Å². The van der Waals surface area contributed by atoms with E-state index < -0.39 is 0 Å². The van der Waals surface area contributed by atoms with Crippen LogP contribution in [-0.2, 0) is 4.79 Å². The van der Waals surface area contributed by atoms with Crippen LogP contribution >= 0.6 is 0 Å². The molecule has 0 radical (unpaired) electrons. The first-order valence-electron chi connectivity index (χ1n) is 4.67. The SMILES string of the molecule is COc1ccc(N(C)C)cc1NC(C)=O. The van der Waals surface area contributed by atoms with Crippen LogP contribution in [0.25, 0.3) is 0 Å². The van der Waals surface area contributed by atoms with E-state index in [9.17, 15) is 4.79 Å². The normalized spacial score (nSPS) is 9.60. The van der Waals surface area contributed by atoms with Crippen LogP contribution in [0.4, 0.5) is 11.4 Å². The molecule has 0 aliphatic carbocycles. The Kier molecular flexibility index (Phi) is 3.55. The van der Waals surface area contributed by atoms with Gasteiger partial charge in [-0.2, -0.15) is 0 Å². The van der Waals surface area contributed by atoms with E-state index in [2.05, 4.69) is 5.32 Å². The lowest BCUT2D eigenvalue weighted by Gasteiger charge is -2.16. The molecular weight excluding hydrogens is 192 g/mol. The van der Waals surface area contributed by atoms with Crippen molar-refractivity contribution >= 4 is 17.3 Å². The maximum atomic E-state index is 11.0. The molecule has 0 saturated heterocycles. The summed E-state index contributed by atoms with van der Waals surface area (Å²) in [6, 6.07) is 5.64. The third-order valence-corrected chi connectivity index (χ3v) is 2.01. The molecule has 1 aromatic rings. The molecule has 82 valence electrons. The number of nitrogens with one attached hydrogen (secondary N) is 1. The molecule has 0 aromatic heterocycles. The molecule has 0 saturated carbocycles. The number of amides is 1. The van der Waals surface area contributed by atoms with Gasteiger partial charge in [-0.05, 0) is 18.2 Å². The summed E-state index contributed by atoms with van der Waals surface area (Å²) in [4.78, 5) is 12.9. The fraction of sp³-hybridized carbons (Fsp3) is 0.364. The van der Waals surface area contributed by atoms with Crippen LogP contribution < -0.4 is 15.0 Å². The minimum absolute atomic E-state index is 0.107. The Hall–Kier alpha value is -1.71. The van der Waals surface area contributed by atoms with Gasteiger partial charge in [-0.1, -0.05) is 0 Å². The van der Waals surface area contributed by atoms with Crippen LogP contribution in [0.15, 0.2) is 18.2 Å². The van der Waals surface area contributed by atoms with Crippen molar-refractivity contribution in [3.63, 3.8) is 0 Å². The summed E-state index contributed by atoms with van der Waals surface area (Å²) in [5, 5.41) is 2.73. The van der Waals surface area contributed by atoms with Crippen molar-refractivity contribution in [2.45, 2.75) is 6.92 Å². The Morgan fingerprint density at radius 2 is 2.07 bits per heavy atom. The molecule has 0 atom stereocenters. The summed E-state index contributed by atoms with van der Waals surface area (Å²) in [5.74, 6) is 0.556. The number of hydrogen-bond acceptors (Lipinski definition) is 3. The fourth-order valence-corrected chi connectivity index (χ4v) is 1.26. The number of rotatable bonds is 3. The van der Waals surface area contributed by atoms with Crippen LogP contribution in [0.1, 0.15) is 6.92 Å². The summed E-state index contributed by atoms with van der Waals surface area (Å²) in [7, 11) is 5.47. The molecule has 0 unspecified atom stereocenters. The van der Waals surface area contributed by atoms with Crippen LogP contribution in [0.2, 0.25) is 0 Å². The van der Waals surface area contributed by atoms with Gasteiger partial charge in [-0.15, -0.1) is 0 Å². The second-order valence-electron chi connectivity index (χ2n) is 3.46. The van der Waals surface area contributed by atoms with Crippen molar-refractivity contribution in [1.82, 2.24) is 0 Å². The second kappa shape index (κ2) is 4.68. The van der Waals surface area contributed by atoms with Gasteiger partial charge in [0.1, 0.15) is 5.75 Å². The highest BCUT2D eigenvalue weighted by atomic mass is 16.5. The predicted molar refractivity (Wildman–Crippen MR) is 61.6 cm³/mol. The predicted octanol–water partition coefficient (Wildman–Crippen LogP) is 1.72. The van der Waals surface area contributed by atoms with Gasteiger partial charge >= 0.3 is 0 Å². The lowest BCUT2D eigenvalue weighted by atomic mass is 10.2. The van der Waals surface area contributed by atoms with E-state index in [1.807, 2.05) is 37.2 Å². The van der Waals surface area contributed by atoms with E-state index in [1.54, 1.807) is 7.11 Å². The molecule has 1 amide bonds. The average Bonchev–Trinajstić information content (AvgIpc) is 2.16. The number of hydrogen-bond donors (Lipinski definition) is 1. The van der Waals surface area contributed by atoms with E-state index in [0.29, 0.717) is 11.4 Å². The average molecular weight is 208 g/mol. The molecule has 0 fully saturated rings. The van der Waals surface area contributed by atoms with Gasteiger partial charge < -0.3 is 15.0 Å². The summed E-state index contributed by atoms with van der Waals surface area (Å²) >= 11 is 0. The van der Waals surface area contributed by atoms with E-state index in [0.717, 1.165) is 5.69 Å². The Morgan fingerprint density at radius 1 is 1.40 bits per heavy atom. The molecule has 15 heavy (non-hydrogen) atoms. The number of methoxy groups -OCH3 is 1. The molecule has 0 aliphatic rings. The molecule has 4 nitrogen and oxygen atoms in total. The zero-order chi connectivity index (χ0) is 11.4. The third kappa shape index (κ3) is 2.87. The second-order valence-corrected chi connectivity index (χ2v) is 3.46. The van der Waals surface area contributed by atoms with Crippen molar-refractivity contribution in [1.29, 1.82) is 0 Å². The Bertz CT molecular complexity index is 362. The largest absolute Gasteiger partial charge is 0.495 e. The molecule has 1 rings (SSSR count). The number of carbonyl (C=O) groups excluding carboxylic acids is 1. The number of ether oxygens (including phenoxy) is 1. The number of nitrogens with zero attached hydrogens (tertiary/aromatic N) is 1. The highest BCUT2D eigenvalue weighted by molar-refractivity contribution is 5.91. The number of benzene rings is 1. The first-order valence-corrected chi connectivity index (χ1v) is 4.67. The van der Waals surface area contributed by atoms with Crippen LogP contribution in [0, 0.1) is 0 Å². The van der Waals surface area contributed by atoms with Gasteiger partial charge in [0.15, 0.2) is 0 Å². The number of carbonyl (C=O) groups is 1. The highest BCUT2D eigenvalue weighted by Gasteiger charge is 2.06. The number of anilines is 2. The zero-order valence-electron chi connectivity index (χ0n) is 9.50. The van der Waals surface area contributed by atoms with Crippen LogP contribution in [0.5, 0.6) is 5.75 Å². The van der Waals surface area contributed by atoms with Crippen molar-refractivity contribution < 1.29 is 9.53 Å². The zero-order valence-corrected chi connectivity index (χ0v) is 9.50. The van der Waals surface area contributed by atoms with Gasteiger partial charge in [0.05, 0.1) is 12.8 Å². The highest BCUT2D eigenvalue weighted by Crippen LogP contribution is 2.28. The van der Waals surface area contributed by atoms with Gasteiger partial charge in [0.2, 0.25) is 5.91 Å². The summed E-state index contributed by atoms with van der Waals surface area (Å²) < 4.78 is 5.15. The molecule has 1 aromatic carbocycles. The van der Waals surface area contributed by atoms with E-state index >= 15 is 0 Å². The van der Waals surface area contributed by atoms with Gasteiger partial charge in [-0.3, -0.25) is 4.79 Å². The summed E-state index contributed by atoms with van der Waals surface area (Å²) in [5.41, 5.74) is 1.70. The maximum absolute atomic E-state index is 11.0. The first-order chi connectivity index (χ1) is 7.04. The molecule has 0 bridgehead atoms. The van der Waals surface area contributed by atoms with E-state index in [-0.39, 0.29) is 5.91 Å². The standard InChI is InChI=1S/C11H16N2O2/c1-8(14)12-10-7-9(13(2)3)5-6-11(10)15-4/h5-7H,1-4H3,(H,12,14). The van der Waals surface area contributed by atoms with Crippen molar-refractivity contribution in [3.05, 3.63) is 18.2 Å².